The minimum absolute atomic E-state index is 0.192. The lowest BCUT2D eigenvalue weighted by Gasteiger charge is -2.20. The lowest BCUT2D eigenvalue weighted by Crippen LogP contribution is -2.29. The van der Waals surface area contributed by atoms with Gasteiger partial charge in [-0.1, -0.05) is 181 Å². The Morgan fingerprint density at radius 1 is 0.510 bits per heavy atom. The van der Waals surface area contributed by atoms with Crippen LogP contribution in [0.2, 0.25) is 0 Å². The minimum Gasteiger partial charge on any atom is -0.462 e. The van der Waals surface area contributed by atoms with Gasteiger partial charge in [-0.2, -0.15) is 0 Å². The molecule has 0 heterocycles. The summed E-state index contributed by atoms with van der Waals surface area (Å²) in [7, 11) is -4.60. The number of ether oxygens (including phenoxy) is 2. The number of phosphoric acid groups is 1. The van der Waals surface area contributed by atoms with Crippen LogP contribution in [0.1, 0.15) is 206 Å². The van der Waals surface area contributed by atoms with Gasteiger partial charge >= 0.3 is 19.8 Å². The van der Waals surface area contributed by atoms with Gasteiger partial charge in [0, 0.05) is 12.8 Å². The van der Waals surface area contributed by atoms with Crippen LogP contribution in [-0.2, 0) is 32.7 Å². The zero-order chi connectivity index (χ0) is 37.7. The largest absolute Gasteiger partial charge is 0.472 e. The van der Waals surface area contributed by atoms with Crippen LogP contribution < -0.4 is 0 Å². The van der Waals surface area contributed by atoms with Crippen LogP contribution in [0.4, 0.5) is 0 Å². The van der Waals surface area contributed by atoms with Crippen molar-refractivity contribution in [3.8, 4) is 0 Å². The summed E-state index contributed by atoms with van der Waals surface area (Å²) in [6.45, 7) is 2.40. The molecule has 0 fully saturated rings. The molecule has 10 nitrogen and oxygen atoms in total. The van der Waals surface area contributed by atoms with Crippen LogP contribution >= 0.6 is 7.82 Å². The molecule has 0 aromatic rings. The second-order valence-electron chi connectivity index (χ2n) is 14.4. The fourth-order valence-corrected chi connectivity index (χ4v) is 6.78. The van der Waals surface area contributed by atoms with E-state index in [2.05, 4.69) is 18.4 Å². The number of unbranched alkanes of at least 4 members (excludes halogenated alkanes) is 26. The van der Waals surface area contributed by atoms with E-state index in [1.165, 1.54) is 128 Å². The zero-order valence-electron chi connectivity index (χ0n) is 32.8. The summed E-state index contributed by atoms with van der Waals surface area (Å²) >= 11 is 0. The van der Waals surface area contributed by atoms with Crippen molar-refractivity contribution in [3.63, 3.8) is 0 Å². The van der Waals surface area contributed by atoms with Gasteiger partial charge in [-0.25, -0.2) is 4.57 Å². The standard InChI is InChI=1S/C40H79O10P/c1-3-5-7-9-11-13-15-16-17-18-19-20-22-24-26-28-30-32-40(44)50-38(36-49-51(45,46)48-34-37(42)33-41)35-47-39(43)31-29-27-25-23-21-14-12-10-8-6-4-2/h37-38,41-42H,3-36H2,1-2H3,(H,45,46). The lowest BCUT2D eigenvalue weighted by molar-refractivity contribution is -0.161. The highest BCUT2D eigenvalue weighted by Crippen LogP contribution is 2.43. The highest BCUT2D eigenvalue weighted by Gasteiger charge is 2.27. The van der Waals surface area contributed by atoms with Gasteiger partial charge in [0.1, 0.15) is 12.7 Å². The summed E-state index contributed by atoms with van der Waals surface area (Å²) in [5.41, 5.74) is 0. The third-order valence-corrected chi connectivity index (χ3v) is 10.2. The van der Waals surface area contributed by atoms with Crippen molar-refractivity contribution in [2.45, 2.75) is 219 Å². The van der Waals surface area contributed by atoms with Crippen molar-refractivity contribution >= 4 is 19.8 Å². The molecular formula is C40H79O10P. The molecule has 0 spiro atoms. The van der Waals surface area contributed by atoms with Crippen molar-refractivity contribution < 1.29 is 47.8 Å². The molecule has 0 aromatic heterocycles. The first-order chi connectivity index (χ1) is 24.7. The molecule has 0 aliphatic heterocycles. The molecule has 0 saturated heterocycles. The number of aliphatic hydroxyl groups excluding tert-OH is 2. The van der Waals surface area contributed by atoms with E-state index in [0.717, 1.165) is 38.5 Å². The minimum atomic E-state index is -4.60. The maximum absolute atomic E-state index is 12.6. The Balaban J connectivity index is 4.25. The Bertz CT molecular complexity index is 827. The van der Waals surface area contributed by atoms with Gasteiger partial charge in [0.2, 0.25) is 0 Å². The number of hydrogen-bond acceptors (Lipinski definition) is 9. The van der Waals surface area contributed by atoms with Crippen LogP contribution in [0.15, 0.2) is 0 Å². The number of carbonyl (C=O) groups is 2. The topological polar surface area (TPSA) is 149 Å². The van der Waals surface area contributed by atoms with Crippen molar-refractivity contribution in [2.24, 2.45) is 0 Å². The summed E-state index contributed by atoms with van der Waals surface area (Å²) in [6.07, 6.45) is 32.1. The van der Waals surface area contributed by atoms with Crippen LogP contribution in [0.3, 0.4) is 0 Å². The van der Waals surface area contributed by atoms with E-state index in [9.17, 15) is 24.2 Å². The monoisotopic (exact) mass is 751 g/mol. The molecular weight excluding hydrogens is 671 g/mol. The van der Waals surface area contributed by atoms with Crippen LogP contribution in [0.25, 0.3) is 0 Å². The Morgan fingerprint density at radius 2 is 0.843 bits per heavy atom. The molecule has 51 heavy (non-hydrogen) atoms. The van der Waals surface area contributed by atoms with E-state index in [-0.39, 0.29) is 19.4 Å². The van der Waals surface area contributed by atoms with Gasteiger partial charge in [0.05, 0.1) is 19.8 Å². The van der Waals surface area contributed by atoms with Crippen LogP contribution in [0.5, 0.6) is 0 Å². The lowest BCUT2D eigenvalue weighted by atomic mass is 10.0. The Labute approximate surface area is 312 Å². The van der Waals surface area contributed by atoms with E-state index >= 15 is 0 Å². The fraction of sp³-hybridized carbons (Fsp3) is 0.950. The van der Waals surface area contributed by atoms with Gasteiger partial charge in [0.25, 0.3) is 0 Å². The van der Waals surface area contributed by atoms with Crippen molar-refractivity contribution in [1.29, 1.82) is 0 Å². The summed E-state index contributed by atoms with van der Waals surface area (Å²) in [5.74, 6) is -0.912. The van der Waals surface area contributed by atoms with Gasteiger partial charge in [-0.15, -0.1) is 0 Å². The number of rotatable bonds is 40. The Morgan fingerprint density at radius 3 is 1.22 bits per heavy atom. The van der Waals surface area contributed by atoms with E-state index in [0.29, 0.717) is 12.8 Å². The molecule has 0 aliphatic rings. The number of phosphoric ester groups is 1. The molecule has 3 N–H and O–H groups in total. The average molecular weight is 751 g/mol. The van der Waals surface area contributed by atoms with E-state index in [1.807, 2.05) is 0 Å². The predicted molar refractivity (Wildman–Crippen MR) is 206 cm³/mol. The second-order valence-corrected chi connectivity index (χ2v) is 15.8. The number of esters is 2. The predicted octanol–water partition coefficient (Wildman–Crippen LogP) is 10.7. The first-order valence-electron chi connectivity index (χ1n) is 21.0. The maximum Gasteiger partial charge on any atom is 0.472 e. The number of carbonyl (C=O) groups excluding carboxylic acids is 2. The maximum atomic E-state index is 12.6. The molecule has 304 valence electrons. The fourth-order valence-electron chi connectivity index (χ4n) is 5.99. The van der Waals surface area contributed by atoms with Crippen molar-refractivity contribution in [2.75, 3.05) is 26.4 Å². The van der Waals surface area contributed by atoms with Gasteiger partial charge in [0.15, 0.2) is 6.10 Å². The van der Waals surface area contributed by atoms with E-state index in [1.54, 1.807) is 0 Å². The molecule has 3 atom stereocenters. The molecule has 0 amide bonds. The first kappa shape index (κ1) is 50.0. The normalized spacial score (nSPS) is 13.9. The molecule has 3 unspecified atom stereocenters. The molecule has 0 rings (SSSR count). The zero-order valence-corrected chi connectivity index (χ0v) is 33.7. The summed E-state index contributed by atoms with van der Waals surface area (Å²) in [6, 6.07) is 0. The molecule has 0 aliphatic carbocycles. The van der Waals surface area contributed by atoms with Crippen LogP contribution in [0, 0.1) is 0 Å². The highest BCUT2D eigenvalue weighted by atomic mass is 31.2. The van der Waals surface area contributed by atoms with E-state index < -0.39 is 51.8 Å². The molecule has 0 saturated carbocycles. The van der Waals surface area contributed by atoms with Crippen molar-refractivity contribution in [1.82, 2.24) is 0 Å². The summed E-state index contributed by atoms with van der Waals surface area (Å²) in [4.78, 5) is 34.9. The molecule has 0 bridgehead atoms. The summed E-state index contributed by atoms with van der Waals surface area (Å²) in [5, 5.41) is 18.3. The second kappa shape index (κ2) is 37.3. The third kappa shape index (κ3) is 37.1. The average Bonchev–Trinajstić information content (AvgIpc) is 3.12. The third-order valence-electron chi connectivity index (χ3n) is 9.26. The number of aliphatic hydroxyl groups is 2. The smallest absolute Gasteiger partial charge is 0.462 e. The Hall–Kier alpha value is -1.03. The SMILES string of the molecule is CCCCCCCCCCCCCCCCCCCC(=O)OC(COC(=O)CCCCCCCCCCCCC)COP(=O)(O)OCC(O)CO. The molecule has 0 aromatic carbocycles. The van der Waals surface area contributed by atoms with Crippen LogP contribution in [-0.4, -0.2) is 65.7 Å². The first-order valence-corrected chi connectivity index (χ1v) is 22.5. The Kier molecular flexibility index (Phi) is 36.5. The van der Waals surface area contributed by atoms with Crippen molar-refractivity contribution in [3.05, 3.63) is 0 Å². The summed E-state index contributed by atoms with van der Waals surface area (Å²) < 4.78 is 32.6. The van der Waals surface area contributed by atoms with Gasteiger partial charge < -0.3 is 24.6 Å². The molecule has 0 radical (unpaired) electrons. The number of hydrogen-bond donors (Lipinski definition) is 3. The van der Waals surface area contributed by atoms with Gasteiger partial charge in [-0.05, 0) is 12.8 Å². The van der Waals surface area contributed by atoms with E-state index in [4.69, 9.17) is 19.1 Å². The highest BCUT2D eigenvalue weighted by molar-refractivity contribution is 7.47. The van der Waals surface area contributed by atoms with Gasteiger partial charge in [-0.3, -0.25) is 18.6 Å². The quantitative estimate of drug-likeness (QED) is 0.0314. The molecule has 11 heteroatoms.